The molecule has 168 valence electrons. The third-order valence-electron chi connectivity index (χ3n) is 6.01. The Bertz CT molecular complexity index is 1190. The summed E-state index contributed by atoms with van der Waals surface area (Å²) in [5.74, 6) is -0.0530. The van der Waals surface area contributed by atoms with Gasteiger partial charge in [-0.25, -0.2) is 0 Å². The normalized spacial score (nSPS) is 19.1. The number of hydrazone groups is 1. The summed E-state index contributed by atoms with van der Waals surface area (Å²) in [5.41, 5.74) is 8.80. The maximum atomic E-state index is 13.0. The Labute approximate surface area is 195 Å². The van der Waals surface area contributed by atoms with Crippen molar-refractivity contribution in [1.82, 2.24) is 10.7 Å². The summed E-state index contributed by atoms with van der Waals surface area (Å²) >= 11 is 0. The predicted octanol–water partition coefficient (Wildman–Crippen LogP) is 4.44. The van der Waals surface area contributed by atoms with Crippen molar-refractivity contribution in [3.05, 3.63) is 106 Å². The Hall–Kier alpha value is -3.73. The molecule has 0 aromatic heterocycles. The molecule has 1 fully saturated rings. The van der Waals surface area contributed by atoms with E-state index in [0.717, 1.165) is 22.3 Å². The Kier molecular flexibility index (Phi) is 6.40. The number of aryl methyl sites for hydroxylation is 2. The van der Waals surface area contributed by atoms with Crippen LogP contribution in [0, 0.1) is 13.8 Å². The van der Waals surface area contributed by atoms with Gasteiger partial charge in [0.05, 0.1) is 0 Å². The fourth-order valence-corrected chi connectivity index (χ4v) is 4.08. The van der Waals surface area contributed by atoms with Gasteiger partial charge in [0.25, 0.3) is 5.91 Å². The molecule has 1 aliphatic heterocycles. The van der Waals surface area contributed by atoms with Crippen LogP contribution in [0.3, 0.4) is 0 Å². The van der Waals surface area contributed by atoms with Crippen LogP contribution in [-0.4, -0.2) is 28.8 Å². The molecular weight excluding hydrogens is 410 g/mol. The lowest BCUT2D eigenvalue weighted by Gasteiger charge is -2.15. The molecule has 3 aromatic carbocycles. The van der Waals surface area contributed by atoms with Gasteiger partial charge >= 0.3 is 5.91 Å². The highest BCUT2D eigenvalue weighted by Gasteiger charge is 2.47. The average Bonchev–Trinajstić information content (AvgIpc) is 3.09. The van der Waals surface area contributed by atoms with E-state index in [2.05, 4.69) is 36.7 Å². The molecule has 0 saturated carbocycles. The predicted molar refractivity (Wildman–Crippen MR) is 130 cm³/mol. The number of nitrogens with zero attached hydrogens (tertiary/aromatic N) is 1. The van der Waals surface area contributed by atoms with E-state index in [1.165, 1.54) is 5.56 Å². The number of hydrazine groups is 1. The molecule has 1 saturated heterocycles. The number of hydrogen-bond donors (Lipinski definition) is 2. The summed E-state index contributed by atoms with van der Waals surface area (Å²) in [6.07, 6.45) is 1.92. The van der Waals surface area contributed by atoms with Crippen LogP contribution in [0.15, 0.2) is 72.8 Å². The highest BCUT2D eigenvalue weighted by atomic mass is 16.2. The topological polar surface area (TPSA) is 61.2 Å². The molecule has 33 heavy (non-hydrogen) atoms. The second-order valence-corrected chi connectivity index (χ2v) is 9.01. The highest BCUT2D eigenvalue weighted by molar-refractivity contribution is 5.98. The molecule has 0 radical (unpaired) electrons. The van der Waals surface area contributed by atoms with Crippen LogP contribution in [0.1, 0.15) is 64.0 Å². The van der Waals surface area contributed by atoms with Crippen molar-refractivity contribution in [3.63, 3.8) is 0 Å². The molecule has 4 rings (SSSR count). The van der Waals surface area contributed by atoms with Gasteiger partial charge in [0.2, 0.25) is 12.3 Å². The number of carbonyl (C=O) groups is 2. The quantitative estimate of drug-likeness (QED) is 0.576. The number of amides is 2. The molecule has 0 unspecified atom stereocenters. The van der Waals surface area contributed by atoms with Gasteiger partial charge in [0.1, 0.15) is 0 Å². The molecular formula is C28H30N3O2+. The molecule has 3 aromatic rings. The number of benzene rings is 3. The molecule has 5 nitrogen and oxygen atoms in total. The summed E-state index contributed by atoms with van der Waals surface area (Å²) in [6.45, 7) is 8.29. The third kappa shape index (κ3) is 5.03. The number of hydrogen-bond acceptors (Lipinski definition) is 2. The lowest BCUT2D eigenvalue weighted by Crippen LogP contribution is -2.42. The number of carbonyl (C=O) groups excluding carboxylic acids is 2. The van der Waals surface area contributed by atoms with Gasteiger partial charge in [-0.15, -0.1) is 10.1 Å². The summed E-state index contributed by atoms with van der Waals surface area (Å²) in [7, 11) is 0. The first-order valence-electron chi connectivity index (χ1n) is 11.3. The Morgan fingerprint density at radius 1 is 0.970 bits per heavy atom. The molecule has 2 N–H and O–H groups in total. The monoisotopic (exact) mass is 440 g/mol. The van der Waals surface area contributed by atoms with Crippen molar-refractivity contribution in [2.45, 2.75) is 45.7 Å². The van der Waals surface area contributed by atoms with Gasteiger partial charge in [-0.1, -0.05) is 73.5 Å². The highest BCUT2D eigenvalue weighted by Crippen LogP contribution is 2.26. The van der Waals surface area contributed by atoms with Gasteiger partial charge in [-0.2, -0.15) is 0 Å². The Morgan fingerprint density at radius 3 is 2.30 bits per heavy atom. The van der Waals surface area contributed by atoms with E-state index in [1.807, 2.05) is 74.7 Å². The molecule has 0 aliphatic carbocycles. The molecule has 5 heteroatoms. The first-order chi connectivity index (χ1) is 15.8. The van der Waals surface area contributed by atoms with E-state index in [9.17, 15) is 9.59 Å². The van der Waals surface area contributed by atoms with Gasteiger partial charge in [-0.3, -0.25) is 9.59 Å². The Morgan fingerprint density at radius 2 is 1.67 bits per heavy atom. The standard InChI is InChI=1S/C28H29N3O2/c1-18(2)22-14-10-21(11-15-22)17-31-26(23-12-8-19(3)9-13-23)25(28(33)30-31)29-27(32)24-7-5-6-20(4)16-24/h5-18,25-26H,1-4H3,(H-,29,30,32,33)/p+1/b31-17-/t25-,26+/m1/s1. The van der Waals surface area contributed by atoms with E-state index in [-0.39, 0.29) is 17.9 Å². The van der Waals surface area contributed by atoms with Crippen LogP contribution in [0.25, 0.3) is 0 Å². The van der Waals surface area contributed by atoms with Crippen molar-refractivity contribution in [1.29, 1.82) is 0 Å². The maximum Gasteiger partial charge on any atom is 0.304 e. The van der Waals surface area contributed by atoms with Gasteiger partial charge in [-0.05, 0) is 49.6 Å². The summed E-state index contributed by atoms with van der Waals surface area (Å²) in [6, 6.07) is 22.6. The average molecular weight is 441 g/mol. The largest absolute Gasteiger partial charge is 0.334 e. The first kappa shape index (κ1) is 22.5. The fourth-order valence-electron chi connectivity index (χ4n) is 4.08. The summed E-state index contributed by atoms with van der Waals surface area (Å²) in [4.78, 5) is 26.0. The second-order valence-electron chi connectivity index (χ2n) is 9.01. The minimum Gasteiger partial charge on any atom is -0.334 e. The number of nitrogens with one attached hydrogen (secondary N) is 2. The molecule has 1 heterocycles. The van der Waals surface area contributed by atoms with Crippen molar-refractivity contribution in [3.8, 4) is 0 Å². The van der Waals surface area contributed by atoms with Crippen molar-refractivity contribution in [2.75, 3.05) is 0 Å². The fraction of sp³-hybridized carbons (Fsp3) is 0.250. The maximum absolute atomic E-state index is 13.0. The van der Waals surface area contributed by atoms with E-state index in [4.69, 9.17) is 0 Å². The molecule has 0 spiro atoms. The van der Waals surface area contributed by atoms with Gasteiger partial charge < -0.3 is 5.32 Å². The summed E-state index contributed by atoms with van der Waals surface area (Å²) in [5, 5.41) is 2.96. The van der Waals surface area contributed by atoms with E-state index in [0.29, 0.717) is 11.5 Å². The van der Waals surface area contributed by atoms with Crippen molar-refractivity contribution >= 4 is 18.0 Å². The lowest BCUT2D eigenvalue weighted by molar-refractivity contribution is -0.596. The molecule has 2 amide bonds. The lowest BCUT2D eigenvalue weighted by atomic mass is 9.98. The van der Waals surface area contributed by atoms with Crippen LogP contribution in [0.5, 0.6) is 0 Å². The SMILES string of the molecule is Cc1ccc([C@H]2[C@@H](NC(=O)c3cccc(C)c3)C(=O)N/[N+]2=C\c2ccc(C(C)C)cc2)cc1. The van der Waals surface area contributed by atoms with Crippen molar-refractivity contribution in [2.24, 2.45) is 0 Å². The van der Waals surface area contributed by atoms with E-state index < -0.39 is 6.04 Å². The second kappa shape index (κ2) is 9.41. The van der Waals surface area contributed by atoms with Crippen LogP contribution in [0.2, 0.25) is 0 Å². The van der Waals surface area contributed by atoms with E-state index in [1.54, 1.807) is 10.8 Å². The molecule has 1 aliphatic rings. The smallest absolute Gasteiger partial charge is 0.304 e. The van der Waals surface area contributed by atoms with Crippen LogP contribution >= 0.6 is 0 Å². The van der Waals surface area contributed by atoms with Crippen LogP contribution < -0.4 is 10.7 Å². The first-order valence-corrected chi connectivity index (χ1v) is 11.3. The minimum atomic E-state index is -0.730. The van der Waals surface area contributed by atoms with Gasteiger partial charge in [0, 0.05) is 16.7 Å². The van der Waals surface area contributed by atoms with Crippen molar-refractivity contribution < 1.29 is 14.3 Å². The molecule has 2 atom stereocenters. The zero-order chi connectivity index (χ0) is 23.5. The third-order valence-corrected chi connectivity index (χ3v) is 6.01. The summed E-state index contributed by atoms with van der Waals surface area (Å²) < 4.78 is 1.80. The zero-order valence-electron chi connectivity index (χ0n) is 19.5. The van der Waals surface area contributed by atoms with E-state index >= 15 is 0 Å². The number of rotatable bonds is 5. The van der Waals surface area contributed by atoms with Gasteiger partial charge in [0.15, 0.2) is 6.04 Å². The van der Waals surface area contributed by atoms with Crippen LogP contribution in [0.4, 0.5) is 0 Å². The molecule has 0 bridgehead atoms. The minimum absolute atomic E-state index is 0.239. The zero-order valence-corrected chi connectivity index (χ0v) is 19.5. The van der Waals surface area contributed by atoms with Crippen LogP contribution in [-0.2, 0) is 4.79 Å². The Balaban J connectivity index is 1.69.